The highest BCUT2D eigenvalue weighted by molar-refractivity contribution is 6.08. The van der Waals surface area contributed by atoms with E-state index in [2.05, 4.69) is 43.2 Å². The fourth-order valence-corrected chi connectivity index (χ4v) is 4.72. The van der Waals surface area contributed by atoms with Crippen LogP contribution >= 0.6 is 0 Å². The third-order valence-electron chi connectivity index (χ3n) is 7.60. The molecule has 3 aromatic rings. The molecule has 2 aromatic carbocycles. The molecule has 1 amide bonds. The van der Waals surface area contributed by atoms with E-state index in [9.17, 15) is 14.7 Å². The lowest BCUT2D eigenvalue weighted by molar-refractivity contribution is -0.124. The number of benzene rings is 2. The molecule has 45 heavy (non-hydrogen) atoms. The normalized spacial score (nSPS) is 18.7. The molecule has 4 rings (SSSR count). The van der Waals surface area contributed by atoms with Crippen molar-refractivity contribution in [2.45, 2.75) is 60.0 Å². The van der Waals surface area contributed by atoms with Crippen molar-refractivity contribution in [3.05, 3.63) is 107 Å². The summed E-state index contributed by atoms with van der Waals surface area (Å²) in [6, 6.07) is 11.9. The van der Waals surface area contributed by atoms with Gasteiger partial charge in [0.2, 0.25) is 0 Å². The van der Waals surface area contributed by atoms with Crippen LogP contribution in [0.2, 0.25) is 0 Å². The van der Waals surface area contributed by atoms with E-state index < -0.39 is 0 Å². The number of aromatic hydroxyl groups is 1. The number of carbonyl (C=O) groups is 2. The molecule has 1 N–H and O–H groups in total. The highest BCUT2D eigenvalue weighted by atomic mass is 16.5. The highest BCUT2D eigenvalue weighted by Gasteiger charge is 2.19. The fourth-order valence-electron chi connectivity index (χ4n) is 4.72. The Balaban J connectivity index is 1.33. The number of nitrogens with zero attached hydrogens (tertiary/aromatic N) is 4. The Hall–Kier alpha value is -4.92. The largest absolute Gasteiger partial charge is 0.507 e. The van der Waals surface area contributed by atoms with Crippen LogP contribution in [0.25, 0.3) is 6.08 Å². The van der Waals surface area contributed by atoms with Gasteiger partial charge < -0.3 is 19.5 Å². The molecule has 0 bridgehead atoms. The first-order valence-corrected chi connectivity index (χ1v) is 15.1. The van der Waals surface area contributed by atoms with Crippen LogP contribution in [0.4, 0.5) is 0 Å². The maximum Gasteiger partial charge on any atom is 0.250 e. The van der Waals surface area contributed by atoms with Gasteiger partial charge >= 0.3 is 0 Å². The molecule has 236 valence electrons. The number of ketones is 1. The number of amides is 1. The molecular formula is C36H42N4O5. The average Bonchev–Trinajstić information content (AvgIpc) is 3.47. The van der Waals surface area contributed by atoms with E-state index in [0.29, 0.717) is 24.5 Å². The molecule has 0 radical (unpaired) electrons. The zero-order valence-corrected chi connectivity index (χ0v) is 26.7. The first-order chi connectivity index (χ1) is 21.5. The van der Waals surface area contributed by atoms with Crippen molar-refractivity contribution in [1.82, 2.24) is 19.9 Å². The van der Waals surface area contributed by atoms with Crippen molar-refractivity contribution in [3.8, 4) is 17.2 Å². The van der Waals surface area contributed by atoms with Crippen LogP contribution in [0.15, 0.2) is 90.3 Å². The van der Waals surface area contributed by atoms with Gasteiger partial charge in [-0.25, -0.2) is 4.68 Å². The second kappa shape index (κ2) is 15.2. The zero-order valence-electron chi connectivity index (χ0n) is 26.7. The third kappa shape index (κ3) is 9.79. The van der Waals surface area contributed by atoms with Crippen LogP contribution in [0.5, 0.6) is 17.2 Å². The second-order valence-electron chi connectivity index (χ2n) is 11.9. The summed E-state index contributed by atoms with van der Waals surface area (Å²) in [5.74, 6) is 0.581. The Kier molecular flexibility index (Phi) is 11.1. The molecule has 0 fully saturated rings. The van der Waals surface area contributed by atoms with Crippen molar-refractivity contribution < 1.29 is 24.2 Å². The Morgan fingerprint density at radius 3 is 2.58 bits per heavy atom. The maximum atomic E-state index is 13.2. The lowest BCUT2D eigenvalue weighted by Gasteiger charge is -2.23. The van der Waals surface area contributed by atoms with Gasteiger partial charge in [0, 0.05) is 17.8 Å². The summed E-state index contributed by atoms with van der Waals surface area (Å²) < 4.78 is 12.6. The van der Waals surface area contributed by atoms with Crippen molar-refractivity contribution in [3.63, 3.8) is 0 Å². The quantitative estimate of drug-likeness (QED) is 0.151. The number of hydrogen-bond acceptors (Lipinski definition) is 7. The number of aromatic nitrogens is 3. The van der Waals surface area contributed by atoms with Gasteiger partial charge in [-0.3, -0.25) is 9.59 Å². The number of methoxy groups -OCH3 is 1. The summed E-state index contributed by atoms with van der Waals surface area (Å²) in [6.07, 6.45) is 15.6. The van der Waals surface area contributed by atoms with Gasteiger partial charge in [0.1, 0.15) is 29.5 Å². The Labute approximate surface area is 265 Å². The van der Waals surface area contributed by atoms with Gasteiger partial charge in [0.25, 0.3) is 5.91 Å². The van der Waals surface area contributed by atoms with Gasteiger partial charge in [-0.05, 0) is 74.4 Å². The van der Waals surface area contributed by atoms with Gasteiger partial charge in [-0.2, -0.15) is 0 Å². The molecule has 0 saturated heterocycles. The van der Waals surface area contributed by atoms with Crippen LogP contribution in [-0.2, 0) is 17.9 Å². The first-order valence-electron chi connectivity index (χ1n) is 15.1. The lowest BCUT2D eigenvalue weighted by Crippen LogP contribution is -2.28. The highest BCUT2D eigenvalue weighted by Crippen LogP contribution is 2.27. The third-order valence-corrected chi connectivity index (χ3v) is 7.60. The Morgan fingerprint density at radius 1 is 1.09 bits per heavy atom. The van der Waals surface area contributed by atoms with Crippen LogP contribution in [-0.4, -0.2) is 50.4 Å². The summed E-state index contributed by atoms with van der Waals surface area (Å²) in [6.45, 7) is 9.34. The molecule has 1 aliphatic heterocycles. The Bertz CT molecular complexity index is 1610. The molecular weight excluding hydrogens is 568 g/mol. The number of rotatable bonds is 10. The molecule has 9 nitrogen and oxygen atoms in total. The zero-order chi connectivity index (χ0) is 32.4. The van der Waals surface area contributed by atoms with Gasteiger partial charge in [-0.15, -0.1) is 5.10 Å². The number of ether oxygens (including phenoxy) is 2. The van der Waals surface area contributed by atoms with E-state index in [-0.39, 0.29) is 35.0 Å². The predicted octanol–water partition coefficient (Wildman–Crippen LogP) is 6.91. The minimum absolute atomic E-state index is 0.0889. The molecule has 0 unspecified atom stereocenters. The van der Waals surface area contributed by atoms with Crippen molar-refractivity contribution in [2.75, 3.05) is 13.7 Å². The summed E-state index contributed by atoms with van der Waals surface area (Å²) >= 11 is 0. The van der Waals surface area contributed by atoms with E-state index in [0.717, 1.165) is 36.3 Å². The van der Waals surface area contributed by atoms with Crippen LogP contribution < -0.4 is 9.47 Å². The minimum atomic E-state index is -0.322. The molecule has 1 aromatic heterocycles. The van der Waals surface area contributed by atoms with E-state index in [1.54, 1.807) is 41.1 Å². The van der Waals surface area contributed by atoms with E-state index in [1.807, 2.05) is 37.3 Å². The van der Waals surface area contributed by atoms with E-state index in [4.69, 9.17) is 9.47 Å². The lowest BCUT2D eigenvalue weighted by atomic mass is 9.87. The summed E-state index contributed by atoms with van der Waals surface area (Å²) in [5, 5.41) is 18.9. The number of carbonyl (C=O) groups excluding carboxylic acids is 2. The number of allylic oxidation sites excluding steroid dienone is 6. The summed E-state index contributed by atoms with van der Waals surface area (Å²) in [5.41, 5.74) is 3.79. The Morgan fingerprint density at radius 2 is 1.84 bits per heavy atom. The standard InChI is InChI=1S/C36H42N4O5/c1-26-7-6-8-27(2)40(35(43)18-20-36(3,4)19-17-26)25-29-24-39(38-37-29)21-22-45-31-14-15-32(34(42)23-31)33(41)16-11-28-9-12-30(44-5)13-10-28/h8-18,20,23-24,42H,6-7,19,21-22,25H2,1-5H3/b16-11+,20-18+,26-17+,27-8+. The summed E-state index contributed by atoms with van der Waals surface area (Å²) in [7, 11) is 1.59. The van der Waals surface area contributed by atoms with Gasteiger partial charge in [0.15, 0.2) is 5.78 Å². The summed E-state index contributed by atoms with van der Waals surface area (Å²) in [4.78, 5) is 27.6. The number of hydrogen-bond donors (Lipinski definition) is 1. The fraction of sp³-hybridized carbons (Fsp3) is 0.333. The van der Waals surface area contributed by atoms with Crippen molar-refractivity contribution >= 4 is 17.8 Å². The van der Waals surface area contributed by atoms with Crippen LogP contribution in [0, 0.1) is 5.41 Å². The molecule has 0 aliphatic carbocycles. The molecule has 0 saturated carbocycles. The molecule has 2 heterocycles. The van der Waals surface area contributed by atoms with Crippen LogP contribution in [0.3, 0.4) is 0 Å². The molecule has 0 atom stereocenters. The van der Waals surface area contributed by atoms with E-state index in [1.165, 1.54) is 23.8 Å². The van der Waals surface area contributed by atoms with Crippen LogP contribution in [0.1, 0.15) is 68.6 Å². The van der Waals surface area contributed by atoms with Crippen molar-refractivity contribution in [1.29, 1.82) is 0 Å². The molecule has 9 heteroatoms. The maximum absolute atomic E-state index is 13.2. The smallest absolute Gasteiger partial charge is 0.250 e. The topological polar surface area (TPSA) is 107 Å². The number of phenols is 1. The minimum Gasteiger partial charge on any atom is -0.507 e. The monoisotopic (exact) mass is 610 g/mol. The molecule has 1 aliphatic rings. The molecule has 0 spiro atoms. The predicted molar refractivity (Wildman–Crippen MR) is 175 cm³/mol. The first kappa shape index (κ1) is 33.0. The second-order valence-corrected chi connectivity index (χ2v) is 11.9. The SMILES string of the molecule is COc1ccc(/C=C/C(=O)c2ccc(OCCn3cc(CN4C(=O)/C=C/C(C)(C)C/C=C(\C)CC/C=C/4C)nn3)cc2O)cc1. The van der Waals surface area contributed by atoms with E-state index >= 15 is 0 Å². The van der Waals surface area contributed by atoms with Gasteiger partial charge in [0.05, 0.1) is 32.0 Å². The van der Waals surface area contributed by atoms with Gasteiger partial charge in [-0.1, -0.05) is 61.1 Å². The number of phenolic OH excluding ortho intramolecular Hbond substituents is 1. The van der Waals surface area contributed by atoms with Crippen molar-refractivity contribution in [2.24, 2.45) is 5.41 Å². The average molecular weight is 611 g/mol.